The summed E-state index contributed by atoms with van der Waals surface area (Å²) in [7, 11) is 3.53. The number of nitrogens with one attached hydrogen (secondary N) is 2. The van der Waals surface area contributed by atoms with E-state index in [-0.39, 0.29) is 12.5 Å². The Morgan fingerprint density at radius 3 is 2.55 bits per heavy atom. The summed E-state index contributed by atoms with van der Waals surface area (Å²) in [5.74, 6) is -0.592. The van der Waals surface area contributed by atoms with Gasteiger partial charge in [-0.2, -0.15) is 0 Å². The molecule has 166 valence electrons. The van der Waals surface area contributed by atoms with Gasteiger partial charge in [0.05, 0.1) is 19.2 Å². The fourth-order valence-corrected chi connectivity index (χ4v) is 4.12. The monoisotopic (exact) mass is 423 g/mol. The van der Waals surface area contributed by atoms with Gasteiger partial charge in [0, 0.05) is 24.0 Å². The van der Waals surface area contributed by atoms with Gasteiger partial charge in [0.15, 0.2) is 0 Å². The average Bonchev–Trinajstić information content (AvgIpc) is 2.80. The minimum Gasteiger partial charge on any atom is -0.465 e. The van der Waals surface area contributed by atoms with Crippen molar-refractivity contribution in [2.24, 2.45) is 0 Å². The molecule has 2 aromatic carbocycles. The maximum atomic E-state index is 12.6. The van der Waals surface area contributed by atoms with Crippen LogP contribution in [0.4, 0.5) is 11.4 Å². The van der Waals surface area contributed by atoms with Crippen LogP contribution in [0.25, 0.3) is 0 Å². The zero-order valence-electron chi connectivity index (χ0n) is 18.7. The number of esters is 1. The Morgan fingerprint density at radius 2 is 1.81 bits per heavy atom. The highest BCUT2D eigenvalue weighted by molar-refractivity contribution is 5.97. The van der Waals surface area contributed by atoms with Crippen molar-refractivity contribution in [3.8, 4) is 0 Å². The van der Waals surface area contributed by atoms with E-state index < -0.39 is 5.97 Å². The normalized spacial score (nSPS) is 14.3. The van der Waals surface area contributed by atoms with E-state index >= 15 is 0 Å². The Labute approximate surface area is 185 Å². The Kier molecular flexibility index (Phi) is 8.06. The van der Waals surface area contributed by atoms with E-state index in [1.54, 1.807) is 18.2 Å². The summed E-state index contributed by atoms with van der Waals surface area (Å²) in [6.07, 6.45) is 6.49. The van der Waals surface area contributed by atoms with E-state index in [4.69, 9.17) is 4.74 Å². The number of nitrogens with zero attached hydrogens (tertiary/aromatic N) is 1. The fraction of sp³-hybridized carbons (Fsp3) is 0.440. The molecular weight excluding hydrogens is 390 g/mol. The van der Waals surface area contributed by atoms with Crippen molar-refractivity contribution in [2.75, 3.05) is 31.3 Å². The summed E-state index contributed by atoms with van der Waals surface area (Å²) in [6, 6.07) is 13.9. The van der Waals surface area contributed by atoms with Gasteiger partial charge in [0.2, 0.25) is 5.91 Å². The first kappa shape index (κ1) is 22.8. The van der Waals surface area contributed by atoms with E-state index in [1.165, 1.54) is 44.8 Å². The molecule has 1 saturated carbocycles. The van der Waals surface area contributed by atoms with Crippen LogP contribution in [0, 0.1) is 6.92 Å². The maximum absolute atomic E-state index is 12.6. The number of hydrogen-bond acceptors (Lipinski definition) is 5. The molecule has 0 saturated heterocycles. The van der Waals surface area contributed by atoms with Gasteiger partial charge < -0.3 is 15.4 Å². The molecule has 0 radical (unpaired) electrons. The van der Waals surface area contributed by atoms with Crippen molar-refractivity contribution < 1.29 is 14.3 Å². The van der Waals surface area contributed by atoms with E-state index in [0.29, 0.717) is 17.3 Å². The number of benzene rings is 2. The van der Waals surface area contributed by atoms with Crippen molar-refractivity contribution in [2.45, 2.75) is 51.6 Å². The van der Waals surface area contributed by atoms with Crippen molar-refractivity contribution in [3.05, 3.63) is 59.2 Å². The topological polar surface area (TPSA) is 70.7 Å². The van der Waals surface area contributed by atoms with Crippen molar-refractivity contribution in [1.82, 2.24) is 4.90 Å². The molecule has 3 rings (SSSR count). The zero-order valence-corrected chi connectivity index (χ0v) is 18.7. The molecule has 6 heteroatoms. The minimum absolute atomic E-state index is 0.145. The summed E-state index contributed by atoms with van der Waals surface area (Å²) in [5, 5.41) is 6.17. The third-order valence-corrected chi connectivity index (χ3v) is 6.01. The third-order valence-electron chi connectivity index (χ3n) is 6.01. The number of carbonyl (C=O) groups excluding carboxylic acids is 2. The van der Waals surface area contributed by atoms with Crippen LogP contribution >= 0.6 is 0 Å². The lowest BCUT2D eigenvalue weighted by atomic mass is 9.94. The number of methoxy groups -OCH3 is 1. The molecule has 0 atom stereocenters. The number of hydrogen-bond donors (Lipinski definition) is 2. The van der Waals surface area contributed by atoms with Crippen LogP contribution in [0.5, 0.6) is 0 Å². The molecule has 2 aromatic rings. The molecule has 6 nitrogen and oxygen atoms in total. The van der Waals surface area contributed by atoms with E-state index in [2.05, 4.69) is 28.6 Å². The molecule has 1 amide bonds. The number of amides is 1. The Hall–Kier alpha value is -2.86. The van der Waals surface area contributed by atoms with Gasteiger partial charge in [0.25, 0.3) is 0 Å². The van der Waals surface area contributed by atoms with E-state index in [0.717, 1.165) is 17.8 Å². The molecular formula is C25H33N3O3. The Morgan fingerprint density at radius 1 is 1.06 bits per heavy atom. The summed E-state index contributed by atoms with van der Waals surface area (Å²) < 4.78 is 4.76. The minimum atomic E-state index is -0.426. The molecule has 0 aromatic heterocycles. The molecule has 0 aliphatic heterocycles. The lowest BCUT2D eigenvalue weighted by molar-refractivity contribution is -0.114. The van der Waals surface area contributed by atoms with Crippen LogP contribution in [0.3, 0.4) is 0 Å². The average molecular weight is 424 g/mol. The first-order valence-electron chi connectivity index (χ1n) is 11.0. The second kappa shape index (κ2) is 11.0. The summed E-state index contributed by atoms with van der Waals surface area (Å²) in [5.41, 5.74) is 4.07. The molecule has 0 heterocycles. The molecule has 0 unspecified atom stereocenters. The highest BCUT2D eigenvalue weighted by Gasteiger charge is 2.19. The van der Waals surface area contributed by atoms with Crippen molar-refractivity contribution in [1.29, 1.82) is 0 Å². The number of rotatable bonds is 8. The van der Waals surface area contributed by atoms with Gasteiger partial charge in [0.1, 0.15) is 0 Å². The quantitative estimate of drug-likeness (QED) is 0.608. The van der Waals surface area contributed by atoms with Crippen LogP contribution in [0.2, 0.25) is 0 Å². The van der Waals surface area contributed by atoms with Gasteiger partial charge in [-0.05, 0) is 56.1 Å². The van der Waals surface area contributed by atoms with E-state index in [9.17, 15) is 9.59 Å². The standard InChI is InChI=1S/C25H33N3O3/c1-18-13-14-19(25(30)31-3)15-23(18)27-24(29)16-26-22-12-8-7-9-20(22)17-28(2)21-10-5-4-6-11-21/h7-9,12-15,21,26H,4-6,10-11,16-17H2,1-3H3,(H,27,29). The van der Waals surface area contributed by atoms with Crippen molar-refractivity contribution in [3.63, 3.8) is 0 Å². The van der Waals surface area contributed by atoms with E-state index in [1.807, 2.05) is 25.1 Å². The van der Waals surface area contributed by atoms with Crippen LogP contribution in [-0.2, 0) is 16.1 Å². The highest BCUT2D eigenvalue weighted by atomic mass is 16.5. The number of ether oxygens (including phenoxy) is 1. The number of carbonyl (C=O) groups is 2. The Balaban J connectivity index is 1.60. The van der Waals surface area contributed by atoms with Gasteiger partial charge in [-0.25, -0.2) is 4.79 Å². The smallest absolute Gasteiger partial charge is 0.337 e. The van der Waals surface area contributed by atoms with Crippen LogP contribution < -0.4 is 10.6 Å². The van der Waals surface area contributed by atoms with Gasteiger partial charge in [-0.3, -0.25) is 9.69 Å². The molecule has 1 aliphatic rings. The van der Waals surface area contributed by atoms with Gasteiger partial charge in [-0.1, -0.05) is 43.5 Å². The Bertz CT molecular complexity index is 907. The van der Waals surface area contributed by atoms with Gasteiger partial charge in [-0.15, -0.1) is 0 Å². The fourth-order valence-electron chi connectivity index (χ4n) is 4.12. The summed E-state index contributed by atoms with van der Waals surface area (Å²) >= 11 is 0. The molecule has 31 heavy (non-hydrogen) atoms. The molecule has 0 bridgehead atoms. The first-order chi connectivity index (χ1) is 15.0. The third kappa shape index (κ3) is 6.31. The predicted octanol–water partition coefficient (Wildman–Crippen LogP) is 4.60. The SMILES string of the molecule is COC(=O)c1ccc(C)c(NC(=O)CNc2ccccc2CN(C)C2CCCCC2)c1. The molecule has 0 spiro atoms. The van der Waals surface area contributed by atoms with Gasteiger partial charge >= 0.3 is 5.97 Å². The number of aryl methyl sites for hydroxylation is 1. The second-order valence-corrected chi connectivity index (χ2v) is 8.29. The van der Waals surface area contributed by atoms with Crippen LogP contribution in [0.15, 0.2) is 42.5 Å². The zero-order chi connectivity index (χ0) is 22.2. The summed E-state index contributed by atoms with van der Waals surface area (Å²) in [4.78, 5) is 26.8. The highest BCUT2D eigenvalue weighted by Crippen LogP contribution is 2.25. The molecule has 2 N–H and O–H groups in total. The molecule has 1 fully saturated rings. The van der Waals surface area contributed by atoms with Crippen molar-refractivity contribution >= 4 is 23.3 Å². The van der Waals surface area contributed by atoms with Crippen LogP contribution in [-0.4, -0.2) is 43.5 Å². The lowest BCUT2D eigenvalue weighted by Gasteiger charge is -2.31. The first-order valence-corrected chi connectivity index (χ1v) is 11.0. The maximum Gasteiger partial charge on any atom is 0.337 e. The predicted molar refractivity (Wildman–Crippen MR) is 124 cm³/mol. The van der Waals surface area contributed by atoms with Crippen LogP contribution in [0.1, 0.15) is 53.6 Å². The molecule has 1 aliphatic carbocycles. The second-order valence-electron chi connectivity index (χ2n) is 8.29. The summed E-state index contributed by atoms with van der Waals surface area (Å²) in [6.45, 7) is 2.89. The lowest BCUT2D eigenvalue weighted by Crippen LogP contribution is -2.33. The number of para-hydroxylation sites is 1. The largest absolute Gasteiger partial charge is 0.465 e. The number of anilines is 2.